The molecular formula is C10H12O2. The highest BCUT2D eigenvalue weighted by Crippen LogP contribution is 1.93. The molecule has 0 saturated carbocycles. The molecule has 1 aromatic heterocycles. The highest BCUT2D eigenvalue weighted by molar-refractivity contribution is 5.98. The Morgan fingerprint density at radius 2 is 2.08 bits per heavy atom. The molecule has 0 aromatic carbocycles. The maximum Gasteiger partial charge on any atom is 0.177 e. The van der Waals surface area contributed by atoms with Crippen molar-refractivity contribution < 1.29 is 9.21 Å². The molecule has 0 amide bonds. The van der Waals surface area contributed by atoms with Crippen LogP contribution in [0.1, 0.15) is 5.76 Å². The van der Waals surface area contributed by atoms with Gasteiger partial charge in [-0.3, -0.25) is 4.79 Å². The van der Waals surface area contributed by atoms with Crippen LogP contribution in [-0.2, 0) is 4.79 Å². The van der Waals surface area contributed by atoms with Gasteiger partial charge in [-0.25, -0.2) is 0 Å². The first-order valence-corrected chi connectivity index (χ1v) is 3.49. The highest BCUT2D eigenvalue weighted by Gasteiger charge is 1.76. The predicted molar refractivity (Wildman–Crippen MR) is 48.8 cm³/mol. The van der Waals surface area contributed by atoms with Crippen LogP contribution in [0.2, 0.25) is 0 Å². The van der Waals surface area contributed by atoms with E-state index in [1.54, 1.807) is 6.26 Å². The Hall–Kier alpha value is -1.57. The summed E-state index contributed by atoms with van der Waals surface area (Å²) in [4.78, 5) is 9.94. The summed E-state index contributed by atoms with van der Waals surface area (Å²) in [6.45, 7) is 8.34. The van der Waals surface area contributed by atoms with Gasteiger partial charge in [0.25, 0.3) is 0 Å². The molecule has 0 aliphatic carbocycles. The van der Waals surface area contributed by atoms with Crippen LogP contribution in [0.5, 0.6) is 0 Å². The Morgan fingerprint density at radius 3 is 2.17 bits per heavy atom. The summed E-state index contributed by atoms with van der Waals surface area (Å²) in [5.41, 5.74) is 0. The van der Waals surface area contributed by atoms with Crippen LogP contribution in [-0.4, -0.2) is 5.78 Å². The number of aryl methyl sites for hydroxylation is 1. The van der Waals surface area contributed by atoms with Gasteiger partial charge in [0.1, 0.15) is 5.76 Å². The molecule has 1 heterocycles. The van der Waals surface area contributed by atoms with Crippen LogP contribution in [0.15, 0.2) is 48.1 Å². The number of hydrogen-bond acceptors (Lipinski definition) is 2. The summed E-state index contributed by atoms with van der Waals surface area (Å²) in [6, 6.07) is 3.79. The number of carbonyl (C=O) groups excluding carboxylic acids is 1. The fraction of sp³-hybridized carbons (Fsp3) is 0.100. The van der Waals surface area contributed by atoms with Crippen LogP contribution >= 0.6 is 0 Å². The second-order valence-corrected chi connectivity index (χ2v) is 2.03. The van der Waals surface area contributed by atoms with Crippen molar-refractivity contribution in [3.05, 3.63) is 49.5 Å². The van der Waals surface area contributed by atoms with E-state index in [1.807, 2.05) is 19.1 Å². The predicted octanol–water partition coefficient (Wildman–Crippen LogP) is 2.52. The third-order valence-electron chi connectivity index (χ3n) is 1.07. The summed E-state index contributed by atoms with van der Waals surface area (Å²) >= 11 is 0. The van der Waals surface area contributed by atoms with Crippen LogP contribution in [0.25, 0.3) is 0 Å². The van der Waals surface area contributed by atoms with Crippen LogP contribution in [0.3, 0.4) is 0 Å². The van der Waals surface area contributed by atoms with E-state index in [4.69, 9.17) is 4.42 Å². The standard InChI is InChI=1S/2C5H6O/c1-5-3-2-4-6-5;1-3-5(6)4-2/h2-4H,1H3;3-4H,1-2H2. The Kier molecular flexibility index (Phi) is 5.35. The number of rotatable bonds is 2. The van der Waals surface area contributed by atoms with E-state index >= 15 is 0 Å². The molecule has 1 rings (SSSR count). The van der Waals surface area contributed by atoms with Gasteiger partial charge in [0.15, 0.2) is 5.78 Å². The minimum atomic E-state index is -0.130. The van der Waals surface area contributed by atoms with E-state index in [-0.39, 0.29) is 5.78 Å². The van der Waals surface area contributed by atoms with Gasteiger partial charge in [-0.15, -0.1) is 0 Å². The molecule has 0 aliphatic heterocycles. The number of carbonyl (C=O) groups is 1. The molecule has 0 fully saturated rings. The SMILES string of the molecule is C=CC(=O)C=C.Cc1ccco1. The number of ketones is 1. The van der Waals surface area contributed by atoms with Crippen molar-refractivity contribution in [1.82, 2.24) is 0 Å². The van der Waals surface area contributed by atoms with Crippen molar-refractivity contribution in [2.45, 2.75) is 6.92 Å². The molecule has 64 valence electrons. The molecular weight excluding hydrogens is 152 g/mol. The Labute approximate surface area is 72.2 Å². The quantitative estimate of drug-likeness (QED) is 0.629. The second kappa shape index (κ2) is 6.16. The minimum Gasteiger partial charge on any atom is -0.470 e. The summed E-state index contributed by atoms with van der Waals surface area (Å²) in [5, 5.41) is 0. The maximum absolute atomic E-state index is 9.94. The topological polar surface area (TPSA) is 30.2 Å². The lowest BCUT2D eigenvalue weighted by Crippen LogP contribution is -1.78. The first kappa shape index (κ1) is 10.4. The molecule has 1 aromatic rings. The zero-order valence-corrected chi connectivity index (χ0v) is 7.12. The summed E-state index contributed by atoms with van der Waals surface area (Å²) in [5.74, 6) is 0.838. The Balaban J connectivity index is 0.000000202. The summed E-state index contributed by atoms with van der Waals surface area (Å²) < 4.78 is 4.83. The first-order valence-electron chi connectivity index (χ1n) is 3.49. The lowest BCUT2D eigenvalue weighted by Gasteiger charge is -1.69. The molecule has 2 nitrogen and oxygen atoms in total. The monoisotopic (exact) mass is 164 g/mol. The fourth-order valence-corrected chi connectivity index (χ4v) is 0.444. The molecule has 2 heteroatoms. The zero-order chi connectivity index (χ0) is 9.40. The number of furan rings is 1. The summed E-state index contributed by atoms with van der Waals surface area (Å²) in [7, 11) is 0. The van der Waals surface area contributed by atoms with Crippen LogP contribution in [0, 0.1) is 6.92 Å². The highest BCUT2D eigenvalue weighted by atomic mass is 16.3. The van der Waals surface area contributed by atoms with Gasteiger partial charge in [0.05, 0.1) is 6.26 Å². The smallest absolute Gasteiger partial charge is 0.177 e. The lowest BCUT2D eigenvalue weighted by atomic mass is 10.4. The van der Waals surface area contributed by atoms with Gasteiger partial charge in [0, 0.05) is 0 Å². The van der Waals surface area contributed by atoms with Crippen molar-refractivity contribution in [2.24, 2.45) is 0 Å². The molecule has 12 heavy (non-hydrogen) atoms. The van der Waals surface area contributed by atoms with Gasteiger partial charge in [0.2, 0.25) is 0 Å². The van der Waals surface area contributed by atoms with Gasteiger partial charge in [-0.05, 0) is 31.2 Å². The van der Waals surface area contributed by atoms with Crippen molar-refractivity contribution in [3.8, 4) is 0 Å². The van der Waals surface area contributed by atoms with E-state index < -0.39 is 0 Å². The molecule has 0 N–H and O–H groups in total. The molecule has 0 spiro atoms. The molecule has 0 atom stereocenters. The van der Waals surface area contributed by atoms with E-state index in [0.717, 1.165) is 5.76 Å². The van der Waals surface area contributed by atoms with Crippen LogP contribution < -0.4 is 0 Å². The molecule has 0 radical (unpaired) electrons. The average molecular weight is 164 g/mol. The largest absolute Gasteiger partial charge is 0.470 e. The second-order valence-electron chi connectivity index (χ2n) is 2.03. The third kappa shape index (κ3) is 5.23. The number of hydrogen-bond donors (Lipinski definition) is 0. The average Bonchev–Trinajstić information content (AvgIpc) is 2.55. The minimum absolute atomic E-state index is 0.130. The van der Waals surface area contributed by atoms with Crippen molar-refractivity contribution in [3.63, 3.8) is 0 Å². The number of allylic oxidation sites excluding steroid dienone is 2. The van der Waals surface area contributed by atoms with E-state index in [9.17, 15) is 4.79 Å². The lowest BCUT2D eigenvalue weighted by molar-refractivity contribution is -0.110. The maximum atomic E-state index is 9.94. The first-order chi connectivity index (χ1) is 5.70. The molecule has 0 aliphatic rings. The normalized spacial score (nSPS) is 7.75. The van der Waals surface area contributed by atoms with E-state index in [0.29, 0.717) is 0 Å². The van der Waals surface area contributed by atoms with Gasteiger partial charge in [-0.1, -0.05) is 13.2 Å². The molecule has 0 saturated heterocycles. The van der Waals surface area contributed by atoms with Crippen molar-refractivity contribution >= 4 is 5.78 Å². The zero-order valence-electron chi connectivity index (χ0n) is 7.12. The van der Waals surface area contributed by atoms with Gasteiger partial charge in [-0.2, -0.15) is 0 Å². The van der Waals surface area contributed by atoms with Crippen molar-refractivity contribution in [1.29, 1.82) is 0 Å². The van der Waals surface area contributed by atoms with Gasteiger partial charge < -0.3 is 4.42 Å². The Bertz CT molecular complexity index is 235. The molecule has 0 unspecified atom stereocenters. The molecule has 0 bridgehead atoms. The van der Waals surface area contributed by atoms with E-state index in [1.165, 1.54) is 12.2 Å². The Morgan fingerprint density at radius 1 is 1.50 bits per heavy atom. The van der Waals surface area contributed by atoms with E-state index in [2.05, 4.69) is 13.2 Å². The van der Waals surface area contributed by atoms with Crippen LogP contribution in [0.4, 0.5) is 0 Å². The third-order valence-corrected chi connectivity index (χ3v) is 1.07. The fourth-order valence-electron chi connectivity index (χ4n) is 0.444. The van der Waals surface area contributed by atoms with Gasteiger partial charge >= 0.3 is 0 Å². The van der Waals surface area contributed by atoms with Crippen molar-refractivity contribution in [2.75, 3.05) is 0 Å². The summed E-state index contributed by atoms with van der Waals surface area (Å²) in [6.07, 6.45) is 4.09.